The van der Waals surface area contributed by atoms with Crippen molar-refractivity contribution >= 4 is 17.8 Å². The molecule has 1 aliphatic carbocycles. The molecule has 142 valence electrons. The van der Waals surface area contributed by atoms with Crippen molar-refractivity contribution in [2.45, 2.75) is 65.8 Å². The van der Waals surface area contributed by atoms with Crippen LogP contribution < -0.4 is 0 Å². The van der Waals surface area contributed by atoms with Crippen molar-refractivity contribution in [3.8, 4) is 0 Å². The summed E-state index contributed by atoms with van der Waals surface area (Å²) in [5.41, 5.74) is -1.51. The molecule has 25 heavy (non-hydrogen) atoms. The second-order valence-corrected chi connectivity index (χ2v) is 8.17. The minimum atomic E-state index is -0.865. The first-order valence-electron chi connectivity index (χ1n) is 8.74. The summed E-state index contributed by atoms with van der Waals surface area (Å²) in [7, 11) is 0. The Morgan fingerprint density at radius 3 is 2.28 bits per heavy atom. The molecule has 0 bridgehead atoms. The molecule has 2 fully saturated rings. The first kappa shape index (κ1) is 19.7. The number of carbonyl (C=O) groups is 3. The van der Waals surface area contributed by atoms with Gasteiger partial charge in [-0.1, -0.05) is 0 Å². The van der Waals surface area contributed by atoms with Crippen LogP contribution in [0.25, 0.3) is 0 Å². The van der Waals surface area contributed by atoms with E-state index in [0.717, 1.165) is 0 Å². The summed E-state index contributed by atoms with van der Waals surface area (Å²) in [6, 6.07) is -0.395. The van der Waals surface area contributed by atoms with Gasteiger partial charge in [-0.25, -0.2) is 4.79 Å². The summed E-state index contributed by atoms with van der Waals surface area (Å²) >= 11 is 0. The molecule has 0 aromatic rings. The third-order valence-electron chi connectivity index (χ3n) is 4.66. The quantitative estimate of drug-likeness (QED) is 0.720. The molecule has 1 aliphatic heterocycles. The molecular weight excluding hydrogens is 326 g/mol. The van der Waals surface area contributed by atoms with Crippen LogP contribution in [0.2, 0.25) is 0 Å². The van der Waals surface area contributed by atoms with E-state index in [9.17, 15) is 14.4 Å². The van der Waals surface area contributed by atoms with Crippen LogP contribution in [0, 0.1) is 17.8 Å². The molecule has 0 unspecified atom stereocenters. The second kappa shape index (κ2) is 6.59. The lowest BCUT2D eigenvalue weighted by molar-refractivity contribution is -0.146. The molecule has 0 radical (unpaired) electrons. The van der Waals surface area contributed by atoms with Crippen molar-refractivity contribution in [2.75, 3.05) is 13.2 Å². The molecule has 4 atom stereocenters. The van der Waals surface area contributed by atoms with Crippen molar-refractivity contribution in [1.82, 2.24) is 4.90 Å². The number of nitrogens with zero attached hydrogens (tertiary/aromatic N) is 1. The molecule has 0 aromatic carbocycles. The first-order chi connectivity index (χ1) is 11.4. The summed E-state index contributed by atoms with van der Waals surface area (Å²) in [6.45, 7) is 12.7. The molecule has 7 heteroatoms. The van der Waals surface area contributed by atoms with Gasteiger partial charge in [-0.3, -0.25) is 14.5 Å². The lowest BCUT2D eigenvalue weighted by atomic mass is 10.1. The maximum Gasteiger partial charge on any atom is 0.412 e. The molecule has 1 heterocycles. The number of ketones is 1. The highest BCUT2D eigenvalue weighted by molar-refractivity contribution is 5.91. The Morgan fingerprint density at radius 1 is 1.20 bits per heavy atom. The highest BCUT2D eigenvalue weighted by atomic mass is 16.6. The van der Waals surface area contributed by atoms with Crippen LogP contribution in [0.15, 0.2) is 0 Å². The highest BCUT2D eigenvalue weighted by Gasteiger charge is 2.66. The molecule has 1 saturated heterocycles. The van der Waals surface area contributed by atoms with Crippen molar-refractivity contribution < 1.29 is 28.6 Å². The Bertz CT molecular complexity index is 564. The van der Waals surface area contributed by atoms with Gasteiger partial charge in [-0.05, 0) is 48.5 Å². The van der Waals surface area contributed by atoms with E-state index >= 15 is 0 Å². The van der Waals surface area contributed by atoms with E-state index in [-0.39, 0.29) is 30.9 Å². The number of esters is 1. The average molecular weight is 355 g/mol. The molecule has 1 saturated carbocycles. The summed E-state index contributed by atoms with van der Waals surface area (Å²) in [5, 5.41) is 0. The zero-order chi connectivity index (χ0) is 19.2. The fourth-order valence-corrected chi connectivity index (χ4v) is 3.66. The van der Waals surface area contributed by atoms with Crippen LogP contribution in [0.4, 0.5) is 4.79 Å². The maximum atomic E-state index is 12.7. The zero-order valence-electron chi connectivity index (χ0n) is 16.1. The molecule has 0 N–H and O–H groups in total. The van der Waals surface area contributed by atoms with Gasteiger partial charge in [0.1, 0.15) is 17.1 Å². The monoisotopic (exact) mass is 355 g/mol. The van der Waals surface area contributed by atoms with Gasteiger partial charge >= 0.3 is 12.1 Å². The second-order valence-electron chi connectivity index (χ2n) is 8.17. The largest absolute Gasteiger partial charge is 0.466 e. The Morgan fingerprint density at radius 2 is 1.80 bits per heavy atom. The van der Waals surface area contributed by atoms with Crippen molar-refractivity contribution in [3.63, 3.8) is 0 Å². The summed E-state index contributed by atoms with van der Waals surface area (Å²) in [4.78, 5) is 38.4. The standard InChI is InChI=1S/C18H29NO6/c1-8-23-15(21)14-12(10(2)20)13(14)11-9-24-18(6,7)19(11)16(22)25-17(3,4)5/h11-14H,8-9H2,1-7H3/t11-,12+,13+,14+/m0/s1. The van der Waals surface area contributed by atoms with E-state index in [1.54, 1.807) is 41.5 Å². The number of rotatable bonds is 4. The summed E-state index contributed by atoms with van der Waals surface area (Å²) < 4.78 is 16.4. The van der Waals surface area contributed by atoms with Gasteiger partial charge in [-0.2, -0.15) is 0 Å². The van der Waals surface area contributed by atoms with E-state index in [1.165, 1.54) is 11.8 Å². The molecule has 2 aliphatic rings. The van der Waals surface area contributed by atoms with Crippen LogP contribution in [-0.2, 0) is 23.8 Å². The fraction of sp³-hybridized carbons (Fsp3) is 0.833. The average Bonchev–Trinajstić information content (AvgIpc) is 3.09. The van der Waals surface area contributed by atoms with Crippen molar-refractivity contribution in [2.24, 2.45) is 17.8 Å². The number of Topliss-reactive ketones (excluding diaryl/α,β-unsaturated/α-hetero) is 1. The van der Waals surface area contributed by atoms with Gasteiger partial charge < -0.3 is 14.2 Å². The van der Waals surface area contributed by atoms with Gasteiger partial charge in [0.05, 0.1) is 25.2 Å². The summed E-state index contributed by atoms with van der Waals surface area (Å²) in [6.07, 6.45) is -0.503. The predicted octanol–water partition coefficient (Wildman–Crippen LogP) is 2.37. The number of carbonyl (C=O) groups excluding carboxylic acids is 3. The van der Waals surface area contributed by atoms with Gasteiger partial charge in [-0.15, -0.1) is 0 Å². The Balaban J connectivity index is 2.25. The van der Waals surface area contributed by atoms with E-state index < -0.39 is 35.3 Å². The number of ether oxygens (including phenoxy) is 3. The number of hydrogen-bond acceptors (Lipinski definition) is 6. The summed E-state index contributed by atoms with van der Waals surface area (Å²) in [5.74, 6) is -1.72. The molecule has 1 amide bonds. The number of hydrogen-bond donors (Lipinski definition) is 0. The van der Waals surface area contributed by atoms with Crippen molar-refractivity contribution in [1.29, 1.82) is 0 Å². The highest BCUT2D eigenvalue weighted by Crippen LogP contribution is 2.54. The fourth-order valence-electron chi connectivity index (χ4n) is 3.66. The molecule has 2 rings (SSSR count). The number of amides is 1. The molecule has 0 spiro atoms. The Hall–Kier alpha value is -1.63. The Labute approximate surface area is 149 Å². The Kier molecular flexibility index (Phi) is 5.19. The SMILES string of the molecule is CCOC(=O)[C@@H]1[C@H](C(C)=O)[C@H]1[C@@H]1COC(C)(C)N1C(=O)OC(C)(C)C. The minimum Gasteiger partial charge on any atom is -0.466 e. The van der Waals surface area contributed by atoms with Crippen LogP contribution >= 0.6 is 0 Å². The minimum absolute atomic E-state index is 0.0723. The zero-order valence-corrected chi connectivity index (χ0v) is 16.1. The van der Waals surface area contributed by atoms with E-state index in [4.69, 9.17) is 14.2 Å². The van der Waals surface area contributed by atoms with E-state index in [2.05, 4.69) is 0 Å². The van der Waals surface area contributed by atoms with Gasteiger partial charge in [0.2, 0.25) is 0 Å². The lowest BCUT2D eigenvalue weighted by Crippen LogP contribution is -2.51. The van der Waals surface area contributed by atoms with Gasteiger partial charge in [0.15, 0.2) is 0 Å². The smallest absolute Gasteiger partial charge is 0.412 e. The van der Waals surface area contributed by atoms with E-state index in [1.807, 2.05) is 0 Å². The van der Waals surface area contributed by atoms with Crippen LogP contribution in [0.3, 0.4) is 0 Å². The van der Waals surface area contributed by atoms with Gasteiger partial charge in [0, 0.05) is 11.8 Å². The third kappa shape index (κ3) is 3.97. The van der Waals surface area contributed by atoms with Crippen LogP contribution in [0.1, 0.15) is 48.5 Å². The van der Waals surface area contributed by atoms with Crippen LogP contribution in [-0.4, -0.2) is 53.3 Å². The molecule has 0 aromatic heterocycles. The topological polar surface area (TPSA) is 82.1 Å². The molecular formula is C18H29NO6. The first-order valence-corrected chi connectivity index (χ1v) is 8.74. The lowest BCUT2D eigenvalue weighted by Gasteiger charge is -2.35. The van der Waals surface area contributed by atoms with Crippen molar-refractivity contribution in [3.05, 3.63) is 0 Å². The maximum absolute atomic E-state index is 12.7. The third-order valence-corrected chi connectivity index (χ3v) is 4.66. The van der Waals surface area contributed by atoms with Gasteiger partial charge in [0.25, 0.3) is 0 Å². The van der Waals surface area contributed by atoms with E-state index in [0.29, 0.717) is 0 Å². The van der Waals surface area contributed by atoms with Crippen LogP contribution in [0.5, 0.6) is 0 Å². The molecule has 7 nitrogen and oxygen atoms in total. The normalized spacial score (nSPS) is 30.8. The predicted molar refractivity (Wildman–Crippen MR) is 89.7 cm³/mol.